The lowest BCUT2D eigenvalue weighted by molar-refractivity contribution is 0.00124. The van der Waals surface area contributed by atoms with Gasteiger partial charge in [0.1, 0.15) is 38.2 Å². The second kappa shape index (κ2) is 24.3. The smallest absolute Gasteiger partial charge is 0.435 e. The summed E-state index contributed by atoms with van der Waals surface area (Å²) in [6, 6.07) is 18.5. The Hall–Kier alpha value is -6.45. The first kappa shape index (κ1) is 62.6. The van der Waals surface area contributed by atoms with Crippen LogP contribution in [0, 0.1) is 11.3 Å². The van der Waals surface area contributed by atoms with Crippen molar-refractivity contribution in [2.24, 2.45) is 11.3 Å². The first-order valence-corrected chi connectivity index (χ1v) is 30.2. The van der Waals surface area contributed by atoms with Gasteiger partial charge in [0.05, 0.1) is 34.9 Å². The molecule has 2 fully saturated rings. The molecular formula is C61H77Cl2N7O12S. The first-order valence-electron chi connectivity index (χ1n) is 28.0. The van der Waals surface area contributed by atoms with E-state index < -0.39 is 67.3 Å². The largest absolute Gasteiger partial charge is 0.476 e. The average molecular weight is 1200 g/mol. The van der Waals surface area contributed by atoms with Crippen molar-refractivity contribution in [2.75, 3.05) is 49.1 Å². The molecule has 0 unspecified atom stereocenters. The molecule has 83 heavy (non-hydrogen) atoms. The van der Waals surface area contributed by atoms with E-state index in [-0.39, 0.29) is 56.8 Å². The molecule has 0 bridgehead atoms. The van der Waals surface area contributed by atoms with Crippen LogP contribution in [0.3, 0.4) is 0 Å². The molecule has 2 aliphatic carbocycles. The number of carbonyl (C=O) groups excluding carboxylic acids is 4. The van der Waals surface area contributed by atoms with Crippen molar-refractivity contribution in [2.45, 2.75) is 155 Å². The highest BCUT2D eigenvalue weighted by atomic mass is 35.5. The molecule has 19 nitrogen and oxygen atoms in total. The van der Waals surface area contributed by atoms with Crippen LogP contribution in [0.25, 0.3) is 16.5 Å². The Balaban J connectivity index is 1.16. The summed E-state index contributed by atoms with van der Waals surface area (Å²) < 4.78 is 61.2. The lowest BCUT2D eigenvalue weighted by Crippen LogP contribution is -2.47. The Morgan fingerprint density at radius 2 is 1.42 bits per heavy atom. The number of ether oxygens (including phenoxy) is 5. The van der Waals surface area contributed by atoms with Crippen molar-refractivity contribution >= 4 is 85.4 Å². The molecule has 0 atom stereocenters. The number of carbonyl (C=O) groups is 4. The summed E-state index contributed by atoms with van der Waals surface area (Å²) in [4.78, 5) is 66.1. The van der Waals surface area contributed by atoms with Crippen molar-refractivity contribution in [3.8, 4) is 17.4 Å². The highest BCUT2D eigenvalue weighted by Gasteiger charge is 2.39. The number of imide groups is 1. The zero-order valence-electron chi connectivity index (χ0n) is 49.5. The highest BCUT2D eigenvalue weighted by Crippen LogP contribution is 2.45. The molecule has 1 saturated heterocycles. The fourth-order valence-corrected chi connectivity index (χ4v) is 11.6. The molecular weight excluding hydrogens is 1130 g/mol. The van der Waals surface area contributed by atoms with Gasteiger partial charge in [-0.25, -0.2) is 32.5 Å². The number of amides is 3. The second-order valence-corrected chi connectivity index (χ2v) is 28.3. The van der Waals surface area contributed by atoms with E-state index in [1.807, 2.05) is 19.1 Å². The maximum absolute atomic E-state index is 14.6. The third-order valence-electron chi connectivity index (χ3n) is 14.5. The van der Waals surface area contributed by atoms with Gasteiger partial charge in [-0.15, -0.1) is 5.10 Å². The number of aliphatic hydroxyl groups is 1. The minimum atomic E-state index is -4.67. The van der Waals surface area contributed by atoms with Gasteiger partial charge in [0.15, 0.2) is 5.82 Å². The van der Waals surface area contributed by atoms with Crippen LogP contribution >= 0.6 is 23.2 Å². The maximum Gasteiger partial charge on any atom is 0.435 e. The number of benzene rings is 3. The number of allylic oxidation sites excluding steroid dienone is 1. The predicted octanol–water partition coefficient (Wildman–Crippen LogP) is 13.2. The monoisotopic (exact) mass is 1200 g/mol. The third-order valence-corrected chi connectivity index (χ3v) is 16.3. The molecule has 3 aromatic carbocycles. The van der Waals surface area contributed by atoms with Crippen molar-refractivity contribution in [1.29, 1.82) is 0 Å². The molecule has 1 saturated carbocycles. The zero-order chi connectivity index (χ0) is 60.6. The van der Waals surface area contributed by atoms with E-state index in [1.165, 1.54) is 41.0 Å². The van der Waals surface area contributed by atoms with Crippen LogP contribution in [0.2, 0.25) is 10.0 Å². The number of hydrogen-bond acceptors (Lipinski definition) is 16. The van der Waals surface area contributed by atoms with E-state index in [0.717, 1.165) is 55.6 Å². The lowest BCUT2D eigenvalue weighted by Gasteiger charge is -2.39. The van der Waals surface area contributed by atoms with Crippen molar-refractivity contribution in [3.63, 3.8) is 0 Å². The summed E-state index contributed by atoms with van der Waals surface area (Å²) in [6.07, 6.45) is 3.38. The summed E-state index contributed by atoms with van der Waals surface area (Å²) in [5, 5.41) is 15.4. The molecule has 0 spiro atoms. The minimum Gasteiger partial charge on any atom is -0.476 e. The fraction of sp³-hybridized carbons (Fsp3) is 0.508. The van der Waals surface area contributed by atoms with Gasteiger partial charge < -0.3 is 33.7 Å². The summed E-state index contributed by atoms with van der Waals surface area (Å²) in [7, 11) is -4.67. The quantitative estimate of drug-likeness (QED) is 0.105. The Bertz CT molecular complexity index is 3370. The fourth-order valence-electron chi connectivity index (χ4n) is 10.2. The molecule has 3 amide bonds. The third kappa shape index (κ3) is 16.1. The van der Waals surface area contributed by atoms with Crippen LogP contribution in [0.4, 0.5) is 25.9 Å². The summed E-state index contributed by atoms with van der Waals surface area (Å²) >= 11 is 12.9. The average Bonchev–Trinajstić information content (AvgIpc) is 4.05. The molecule has 3 heterocycles. The van der Waals surface area contributed by atoms with Gasteiger partial charge in [0, 0.05) is 49.5 Å². The lowest BCUT2D eigenvalue weighted by atomic mass is 9.72. The molecule has 5 aromatic rings. The standard InChI is InChI=1S/C61H77Cl2N7O12S/c1-57(2,3)80-54(72)69(55(73)81-58(4,5)6)51-50-47(70(65-51)56(74)82-59(7,8)9)14-13-15-48(50)79-49-32-42(68-30-28-67(29-31-68)36-40-24-25-60(10,11)34-45(40)39-16-18-41(62)19-17-39)20-21-44(49)52(71)66-83(76,77)43-33-46(63)53(64-35-43)78-37-38-22-26-61(12,75)27-23-38/h13-21,32-33,35,38,75H,22-31,34,36-37H2,1-12H3,(H,66,71). The number of aromatic nitrogens is 3. The van der Waals surface area contributed by atoms with E-state index in [1.54, 1.807) is 74.4 Å². The number of piperazine rings is 1. The normalized spacial score (nSPS) is 19.0. The minimum absolute atomic E-state index is 0.0135. The summed E-state index contributed by atoms with van der Waals surface area (Å²) in [6.45, 7) is 24.7. The summed E-state index contributed by atoms with van der Waals surface area (Å²) in [5.41, 5.74) is 0.476. The Kier molecular flexibility index (Phi) is 18.3. The van der Waals surface area contributed by atoms with Crippen molar-refractivity contribution in [3.05, 3.63) is 99.7 Å². The molecule has 8 rings (SSSR count). The molecule has 0 radical (unpaired) electrons. The molecule has 22 heteroatoms. The number of nitrogens with one attached hydrogen (secondary N) is 1. The van der Waals surface area contributed by atoms with Crippen molar-refractivity contribution in [1.82, 2.24) is 24.4 Å². The number of rotatable bonds is 13. The number of anilines is 2. The van der Waals surface area contributed by atoms with Crippen LogP contribution in [0.15, 0.2) is 83.4 Å². The topological polar surface area (TPSA) is 221 Å². The van der Waals surface area contributed by atoms with Crippen LogP contribution < -0.4 is 24.0 Å². The van der Waals surface area contributed by atoms with Gasteiger partial charge in [-0.1, -0.05) is 60.8 Å². The second-order valence-electron chi connectivity index (χ2n) is 25.8. The zero-order valence-corrected chi connectivity index (χ0v) is 51.8. The number of nitrogens with zero attached hydrogens (tertiary/aromatic N) is 6. The summed E-state index contributed by atoms with van der Waals surface area (Å²) in [5.74, 6) is -1.64. The number of fused-ring (bicyclic) bond motifs is 1. The van der Waals surface area contributed by atoms with E-state index in [0.29, 0.717) is 54.6 Å². The molecule has 1 aliphatic heterocycles. The van der Waals surface area contributed by atoms with Gasteiger partial charge >= 0.3 is 18.3 Å². The van der Waals surface area contributed by atoms with Crippen LogP contribution in [0.1, 0.15) is 144 Å². The SMILES string of the molecule is CC1(C)CCC(CN2CCN(c3ccc(C(=O)NS(=O)(=O)c4cnc(OCC5CCC(C)(O)CC5)c(Cl)c4)c(Oc4cccc5c4c(N(C(=O)OC(C)(C)C)C(=O)OC(C)(C)C)nn5C(=O)OC(C)(C)C)c3)CC2)=C(c2ccc(Cl)cc2)C1. The van der Waals surface area contributed by atoms with Crippen LogP contribution in [-0.4, -0.2) is 119 Å². The maximum atomic E-state index is 14.6. The Morgan fingerprint density at radius 1 is 0.795 bits per heavy atom. The van der Waals surface area contributed by atoms with E-state index in [2.05, 4.69) is 50.6 Å². The van der Waals surface area contributed by atoms with Gasteiger partial charge in [-0.2, -0.15) is 9.58 Å². The van der Waals surface area contributed by atoms with Gasteiger partial charge in [0.25, 0.3) is 15.9 Å². The Labute approximate surface area is 496 Å². The van der Waals surface area contributed by atoms with Crippen molar-refractivity contribution < 1.29 is 56.4 Å². The number of pyridine rings is 1. The van der Waals surface area contributed by atoms with Gasteiger partial charge in [0.2, 0.25) is 5.88 Å². The molecule has 448 valence electrons. The van der Waals surface area contributed by atoms with Crippen LogP contribution in [-0.2, 0) is 24.2 Å². The molecule has 3 aliphatic rings. The molecule has 2 N–H and O–H groups in total. The van der Waals surface area contributed by atoms with E-state index >= 15 is 0 Å². The highest BCUT2D eigenvalue weighted by molar-refractivity contribution is 7.90. The van der Waals surface area contributed by atoms with Gasteiger partial charge in [-0.3, -0.25) is 9.69 Å². The number of hydrogen-bond donors (Lipinski definition) is 2. The number of sulfonamides is 1. The van der Waals surface area contributed by atoms with Gasteiger partial charge in [-0.05, 0) is 179 Å². The predicted molar refractivity (Wildman–Crippen MR) is 319 cm³/mol. The van der Waals surface area contributed by atoms with E-state index in [4.69, 9.17) is 46.9 Å². The number of halogens is 2. The first-order chi connectivity index (χ1) is 38.6. The Morgan fingerprint density at radius 3 is 2.02 bits per heavy atom. The molecule has 2 aromatic heterocycles. The van der Waals surface area contributed by atoms with E-state index in [9.17, 15) is 32.7 Å². The van der Waals surface area contributed by atoms with Crippen LogP contribution in [0.5, 0.6) is 17.4 Å².